The molecule has 0 amide bonds. The normalized spacial score (nSPS) is 20.6. The fourth-order valence-corrected chi connectivity index (χ4v) is 2.70. The standard InChI is InChI=1S/C14H27NO3/c1-3-14(15-2,13(16)17)10-7-11-18-12-8-5-4-6-9-12/h12,15H,3-11H2,1-2H3,(H,16,17). The van der Waals surface area contributed by atoms with E-state index in [0.717, 1.165) is 6.42 Å². The van der Waals surface area contributed by atoms with E-state index >= 15 is 0 Å². The third-order valence-corrected chi connectivity index (χ3v) is 4.15. The summed E-state index contributed by atoms with van der Waals surface area (Å²) in [6.45, 7) is 2.59. The number of carboxylic acid groups (broad SMARTS) is 1. The van der Waals surface area contributed by atoms with E-state index < -0.39 is 11.5 Å². The summed E-state index contributed by atoms with van der Waals surface area (Å²) in [7, 11) is 1.72. The van der Waals surface area contributed by atoms with Crippen LogP contribution in [-0.2, 0) is 9.53 Å². The van der Waals surface area contributed by atoms with Crippen LogP contribution >= 0.6 is 0 Å². The molecule has 0 radical (unpaired) electrons. The molecule has 0 bridgehead atoms. The van der Waals surface area contributed by atoms with Crippen molar-refractivity contribution >= 4 is 5.97 Å². The summed E-state index contributed by atoms with van der Waals surface area (Å²) in [5.74, 6) is -0.759. The van der Waals surface area contributed by atoms with Crippen LogP contribution < -0.4 is 5.32 Å². The Hall–Kier alpha value is -0.610. The highest BCUT2D eigenvalue weighted by Gasteiger charge is 2.34. The SMILES string of the molecule is CCC(CCCOC1CCCCC1)(NC)C(=O)O. The lowest BCUT2D eigenvalue weighted by Gasteiger charge is -2.28. The van der Waals surface area contributed by atoms with Gasteiger partial charge in [0.1, 0.15) is 5.54 Å². The molecule has 1 saturated carbocycles. The second-order valence-electron chi connectivity index (χ2n) is 5.23. The number of likely N-dealkylation sites (N-methyl/N-ethyl adjacent to an activating group) is 1. The number of rotatable bonds is 8. The predicted octanol–water partition coefficient (Wildman–Crippen LogP) is 2.57. The molecule has 2 N–H and O–H groups in total. The van der Waals surface area contributed by atoms with E-state index in [0.29, 0.717) is 25.6 Å². The maximum Gasteiger partial charge on any atom is 0.323 e. The fraction of sp³-hybridized carbons (Fsp3) is 0.929. The highest BCUT2D eigenvalue weighted by molar-refractivity contribution is 5.78. The monoisotopic (exact) mass is 257 g/mol. The minimum absolute atomic E-state index is 0.411. The summed E-state index contributed by atoms with van der Waals surface area (Å²) in [5.41, 5.74) is -0.782. The first-order chi connectivity index (χ1) is 8.64. The van der Waals surface area contributed by atoms with Crippen LogP contribution in [0.3, 0.4) is 0 Å². The average Bonchev–Trinajstić information content (AvgIpc) is 2.40. The van der Waals surface area contributed by atoms with Crippen molar-refractivity contribution in [3.63, 3.8) is 0 Å². The maximum atomic E-state index is 11.3. The quantitative estimate of drug-likeness (QED) is 0.656. The molecule has 18 heavy (non-hydrogen) atoms. The number of carboxylic acids is 1. The Morgan fingerprint density at radius 3 is 2.56 bits per heavy atom. The minimum atomic E-state index is -0.782. The highest BCUT2D eigenvalue weighted by atomic mass is 16.5. The molecular weight excluding hydrogens is 230 g/mol. The molecule has 4 heteroatoms. The topological polar surface area (TPSA) is 58.6 Å². The lowest BCUT2D eigenvalue weighted by Crippen LogP contribution is -2.50. The van der Waals surface area contributed by atoms with Gasteiger partial charge in [0.2, 0.25) is 0 Å². The number of ether oxygens (including phenoxy) is 1. The molecule has 1 aliphatic carbocycles. The zero-order chi connectivity index (χ0) is 13.4. The molecule has 1 aliphatic rings. The Morgan fingerprint density at radius 1 is 1.39 bits per heavy atom. The lowest BCUT2D eigenvalue weighted by atomic mass is 9.91. The molecule has 0 aromatic rings. The summed E-state index contributed by atoms with van der Waals surface area (Å²) in [6.07, 6.45) is 8.66. The molecule has 1 atom stereocenters. The molecule has 0 aliphatic heterocycles. The summed E-state index contributed by atoms with van der Waals surface area (Å²) in [4.78, 5) is 11.3. The lowest BCUT2D eigenvalue weighted by molar-refractivity contribution is -0.145. The first kappa shape index (κ1) is 15.4. The smallest absolute Gasteiger partial charge is 0.323 e. The molecule has 0 saturated heterocycles. The van der Waals surface area contributed by atoms with Crippen LogP contribution in [-0.4, -0.2) is 36.4 Å². The van der Waals surface area contributed by atoms with E-state index in [1.54, 1.807) is 7.05 Å². The molecule has 1 fully saturated rings. The molecule has 106 valence electrons. The van der Waals surface area contributed by atoms with Gasteiger partial charge in [-0.2, -0.15) is 0 Å². The number of nitrogens with one attached hydrogen (secondary N) is 1. The summed E-state index contributed by atoms with van der Waals surface area (Å²) in [6, 6.07) is 0. The van der Waals surface area contributed by atoms with Crippen molar-refractivity contribution in [3.8, 4) is 0 Å². The van der Waals surface area contributed by atoms with Crippen LogP contribution in [0.1, 0.15) is 58.3 Å². The van der Waals surface area contributed by atoms with Crippen LogP contribution in [0.4, 0.5) is 0 Å². The van der Waals surface area contributed by atoms with E-state index in [4.69, 9.17) is 4.74 Å². The summed E-state index contributed by atoms with van der Waals surface area (Å²) in [5, 5.41) is 12.2. The Morgan fingerprint density at radius 2 is 2.06 bits per heavy atom. The Balaban J connectivity index is 2.24. The second-order valence-corrected chi connectivity index (χ2v) is 5.23. The number of hydrogen-bond acceptors (Lipinski definition) is 3. The van der Waals surface area contributed by atoms with Crippen molar-refractivity contribution in [1.82, 2.24) is 5.32 Å². The van der Waals surface area contributed by atoms with Crippen molar-refractivity contribution in [1.29, 1.82) is 0 Å². The molecule has 0 spiro atoms. The van der Waals surface area contributed by atoms with Gasteiger partial charge < -0.3 is 15.2 Å². The van der Waals surface area contributed by atoms with Gasteiger partial charge in [0.05, 0.1) is 6.10 Å². The second kappa shape index (κ2) is 7.74. The van der Waals surface area contributed by atoms with Crippen LogP contribution in [0.15, 0.2) is 0 Å². The van der Waals surface area contributed by atoms with E-state index in [2.05, 4.69) is 5.32 Å². The largest absolute Gasteiger partial charge is 0.480 e. The predicted molar refractivity (Wildman–Crippen MR) is 71.8 cm³/mol. The molecule has 0 aromatic carbocycles. The molecule has 4 nitrogen and oxygen atoms in total. The maximum absolute atomic E-state index is 11.3. The van der Waals surface area contributed by atoms with Crippen molar-refractivity contribution in [2.45, 2.75) is 69.9 Å². The first-order valence-electron chi connectivity index (χ1n) is 7.18. The van der Waals surface area contributed by atoms with E-state index in [1.807, 2.05) is 6.92 Å². The van der Waals surface area contributed by atoms with Crippen molar-refractivity contribution in [3.05, 3.63) is 0 Å². The Labute approximate surface area is 110 Å². The summed E-state index contributed by atoms with van der Waals surface area (Å²) >= 11 is 0. The van der Waals surface area contributed by atoms with Gasteiger partial charge in [0.15, 0.2) is 0 Å². The zero-order valence-corrected chi connectivity index (χ0v) is 11.7. The summed E-state index contributed by atoms with van der Waals surface area (Å²) < 4.78 is 5.83. The minimum Gasteiger partial charge on any atom is -0.480 e. The van der Waals surface area contributed by atoms with Gasteiger partial charge in [0.25, 0.3) is 0 Å². The zero-order valence-electron chi connectivity index (χ0n) is 11.7. The van der Waals surface area contributed by atoms with Gasteiger partial charge in [-0.1, -0.05) is 26.2 Å². The molecule has 1 unspecified atom stereocenters. The van der Waals surface area contributed by atoms with Crippen molar-refractivity contribution in [2.75, 3.05) is 13.7 Å². The van der Waals surface area contributed by atoms with E-state index in [9.17, 15) is 9.90 Å². The van der Waals surface area contributed by atoms with Crippen LogP contribution in [0.25, 0.3) is 0 Å². The van der Waals surface area contributed by atoms with Gasteiger partial charge in [-0.05, 0) is 39.2 Å². The van der Waals surface area contributed by atoms with Crippen LogP contribution in [0.5, 0.6) is 0 Å². The third-order valence-electron chi connectivity index (χ3n) is 4.15. The molecule has 1 rings (SSSR count). The molecule has 0 heterocycles. The van der Waals surface area contributed by atoms with Gasteiger partial charge in [-0.3, -0.25) is 4.79 Å². The number of carbonyl (C=O) groups is 1. The van der Waals surface area contributed by atoms with E-state index in [1.165, 1.54) is 32.1 Å². The third kappa shape index (κ3) is 4.25. The number of hydrogen-bond donors (Lipinski definition) is 2. The van der Waals surface area contributed by atoms with Crippen molar-refractivity contribution < 1.29 is 14.6 Å². The van der Waals surface area contributed by atoms with Gasteiger partial charge in [-0.25, -0.2) is 0 Å². The highest BCUT2D eigenvalue weighted by Crippen LogP contribution is 2.22. The number of aliphatic carboxylic acids is 1. The fourth-order valence-electron chi connectivity index (χ4n) is 2.70. The Kier molecular flexibility index (Phi) is 6.65. The van der Waals surface area contributed by atoms with E-state index in [-0.39, 0.29) is 0 Å². The van der Waals surface area contributed by atoms with Crippen LogP contribution in [0.2, 0.25) is 0 Å². The van der Waals surface area contributed by atoms with Crippen molar-refractivity contribution in [2.24, 2.45) is 0 Å². The van der Waals surface area contributed by atoms with Crippen LogP contribution in [0, 0.1) is 0 Å². The first-order valence-corrected chi connectivity index (χ1v) is 7.18. The Bertz CT molecular complexity index is 245. The average molecular weight is 257 g/mol. The van der Waals surface area contributed by atoms with Gasteiger partial charge >= 0.3 is 5.97 Å². The van der Waals surface area contributed by atoms with Gasteiger partial charge in [-0.15, -0.1) is 0 Å². The van der Waals surface area contributed by atoms with Gasteiger partial charge in [0, 0.05) is 6.61 Å². The molecule has 0 aromatic heterocycles. The molecular formula is C14H27NO3.